The van der Waals surface area contributed by atoms with Crippen LogP contribution in [-0.2, 0) is 9.53 Å². The number of hydrogen-bond donors (Lipinski definition) is 0. The molecular formula is C22H21F3O5. The minimum absolute atomic E-state index is 0.223. The summed E-state index contributed by atoms with van der Waals surface area (Å²) in [5.74, 6) is -0.526. The lowest BCUT2D eigenvalue weighted by Crippen LogP contribution is -2.13. The van der Waals surface area contributed by atoms with Crippen molar-refractivity contribution in [1.29, 1.82) is 0 Å². The number of carbonyl (C=O) groups excluding carboxylic acids is 2. The first-order chi connectivity index (χ1) is 14.3. The molecule has 0 spiro atoms. The van der Waals surface area contributed by atoms with Gasteiger partial charge in [-0.2, -0.15) is 13.2 Å². The molecule has 0 bridgehead atoms. The number of ether oxygens (including phenoxy) is 3. The fourth-order valence-electron chi connectivity index (χ4n) is 2.20. The second kappa shape index (κ2) is 11.0. The van der Waals surface area contributed by atoms with E-state index in [1.165, 1.54) is 30.3 Å². The van der Waals surface area contributed by atoms with Crippen molar-refractivity contribution >= 4 is 18.0 Å². The topological polar surface area (TPSA) is 61.8 Å². The van der Waals surface area contributed by atoms with E-state index in [1.807, 2.05) is 6.92 Å². The van der Waals surface area contributed by atoms with E-state index >= 15 is 0 Å². The van der Waals surface area contributed by atoms with E-state index in [9.17, 15) is 22.8 Å². The average molecular weight is 422 g/mol. The molecular weight excluding hydrogens is 401 g/mol. The van der Waals surface area contributed by atoms with Crippen LogP contribution in [0.2, 0.25) is 0 Å². The average Bonchev–Trinajstić information content (AvgIpc) is 2.71. The van der Waals surface area contributed by atoms with E-state index < -0.39 is 31.1 Å². The van der Waals surface area contributed by atoms with Gasteiger partial charge in [-0.3, -0.25) is 0 Å². The maximum atomic E-state index is 12.2. The molecule has 0 amide bonds. The highest BCUT2D eigenvalue weighted by molar-refractivity contribution is 5.91. The third-order valence-corrected chi connectivity index (χ3v) is 3.70. The van der Waals surface area contributed by atoms with E-state index in [-0.39, 0.29) is 11.3 Å². The molecule has 0 aliphatic rings. The zero-order chi connectivity index (χ0) is 22.0. The van der Waals surface area contributed by atoms with Gasteiger partial charge in [-0.25, -0.2) is 9.59 Å². The molecule has 0 saturated carbocycles. The fourth-order valence-corrected chi connectivity index (χ4v) is 2.20. The van der Waals surface area contributed by atoms with Crippen LogP contribution >= 0.6 is 0 Å². The van der Waals surface area contributed by atoms with Crippen molar-refractivity contribution in [2.45, 2.75) is 25.9 Å². The molecule has 0 aromatic heterocycles. The Kier molecular flexibility index (Phi) is 8.46. The molecule has 0 aliphatic carbocycles. The maximum Gasteiger partial charge on any atom is 0.392 e. The molecule has 2 aromatic rings. The lowest BCUT2D eigenvalue weighted by Gasteiger charge is -2.09. The Hall–Kier alpha value is -3.29. The maximum absolute atomic E-state index is 12.2. The molecule has 0 heterocycles. The predicted molar refractivity (Wildman–Crippen MR) is 104 cm³/mol. The molecule has 160 valence electrons. The second-order valence-electron chi connectivity index (χ2n) is 6.20. The lowest BCUT2D eigenvalue weighted by atomic mass is 10.2. The second-order valence-corrected chi connectivity index (χ2v) is 6.20. The lowest BCUT2D eigenvalue weighted by molar-refractivity contribution is -0.140. The summed E-state index contributed by atoms with van der Waals surface area (Å²) in [6.07, 6.45) is -1.70. The Bertz CT molecular complexity index is 856. The summed E-state index contributed by atoms with van der Waals surface area (Å²) < 4.78 is 51.5. The summed E-state index contributed by atoms with van der Waals surface area (Å²) in [5.41, 5.74) is 0.949. The summed E-state index contributed by atoms with van der Waals surface area (Å²) in [6, 6.07) is 12.1. The van der Waals surface area contributed by atoms with Gasteiger partial charge in [0.05, 0.1) is 25.2 Å². The minimum atomic E-state index is -4.28. The van der Waals surface area contributed by atoms with Crippen molar-refractivity contribution in [2.75, 3.05) is 13.2 Å². The first kappa shape index (κ1) is 23.0. The normalized spacial score (nSPS) is 11.3. The zero-order valence-corrected chi connectivity index (χ0v) is 16.3. The number of alkyl halides is 3. The van der Waals surface area contributed by atoms with Gasteiger partial charge in [0, 0.05) is 6.08 Å². The number of benzene rings is 2. The van der Waals surface area contributed by atoms with E-state index in [0.29, 0.717) is 12.4 Å². The van der Waals surface area contributed by atoms with Gasteiger partial charge in [0.2, 0.25) is 0 Å². The first-order valence-corrected chi connectivity index (χ1v) is 9.23. The SMILES string of the molecule is CCCOC(=O)C=Cc1ccc(OC(=O)c2ccc(OCCC(F)(F)F)cc2)cc1. The number of hydrogen-bond acceptors (Lipinski definition) is 5. The quantitative estimate of drug-likeness (QED) is 0.316. The van der Waals surface area contributed by atoms with Crippen LogP contribution in [0, 0.1) is 0 Å². The fraction of sp³-hybridized carbons (Fsp3) is 0.273. The summed E-state index contributed by atoms with van der Waals surface area (Å²) in [7, 11) is 0. The van der Waals surface area contributed by atoms with Gasteiger partial charge in [0.15, 0.2) is 0 Å². The third-order valence-electron chi connectivity index (χ3n) is 3.70. The van der Waals surface area contributed by atoms with E-state index in [0.717, 1.165) is 12.0 Å². The highest BCUT2D eigenvalue weighted by Gasteiger charge is 2.26. The zero-order valence-electron chi connectivity index (χ0n) is 16.3. The number of rotatable bonds is 9. The summed E-state index contributed by atoms with van der Waals surface area (Å²) in [6.45, 7) is 1.76. The molecule has 2 rings (SSSR count). The van der Waals surface area contributed by atoms with Gasteiger partial charge in [0.1, 0.15) is 11.5 Å². The predicted octanol–water partition coefficient (Wildman–Crippen LogP) is 5.20. The van der Waals surface area contributed by atoms with Crippen LogP contribution in [0.15, 0.2) is 54.6 Å². The van der Waals surface area contributed by atoms with Crippen molar-refractivity contribution in [2.24, 2.45) is 0 Å². The van der Waals surface area contributed by atoms with Gasteiger partial charge >= 0.3 is 18.1 Å². The minimum Gasteiger partial charge on any atom is -0.493 e. The largest absolute Gasteiger partial charge is 0.493 e. The number of halogens is 3. The van der Waals surface area contributed by atoms with Crippen molar-refractivity contribution in [3.05, 3.63) is 65.7 Å². The molecule has 8 heteroatoms. The Morgan fingerprint density at radius 3 is 2.17 bits per heavy atom. The van der Waals surface area contributed by atoms with Crippen LogP contribution in [-0.4, -0.2) is 31.3 Å². The van der Waals surface area contributed by atoms with Gasteiger partial charge in [-0.15, -0.1) is 0 Å². The van der Waals surface area contributed by atoms with Crippen molar-refractivity contribution in [3.63, 3.8) is 0 Å². The summed E-state index contributed by atoms with van der Waals surface area (Å²) in [5, 5.41) is 0. The van der Waals surface area contributed by atoms with Gasteiger partial charge in [-0.05, 0) is 54.5 Å². The van der Waals surface area contributed by atoms with Crippen molar-refractivity contribution < 1.29 is 37.0 Å². The van der Waals surface area contributed by atoms with Gasteiger partial charge in [0.25, 0.3) is 0 Å². The molecule has 5 nitrogen and oxygen atoms in total. The summed E-state index contributed by atoms with van der Waals surface area (Å²) in [4.78, 5) is 23.6. The van der Waals surface area contributed by atoms with E-state index in [4.69, 9.17) is 14.2 Å². The van der Waals surface area contributed by atoms with Crippen LogP contribution in [0.5, 0.6) is 11.5 Å². The molecule has 0 aliphatic heterocycles. The van der Waals surface area contributed by atoms with Crippen LogP contribution in [0.3, 0.4) is 0 Å². The molecule has 0 N–H and O–H groups in total. The van der Waals surface area contributed by atoms with Crippen LogP contribution in [0.1, 0.15) is 35.7 Å². The van der Waals surface area contributed by atoms with E-state index in [1.54, 1.807) is 30.3 Å². The van der Waals surface area contributed by atoms with Crippen LogP contribution in [0.4, 0.5) is 13.2 Å². The highest BCUT2D eigenvalue weighted by atomic mass is 19.4. The Morgan fingerprint density at radius 2 is 1.57 bits per heavy atom. The Morgan fingerprint density at radius 1 is 0.933 bits per heavy atom. The molecule has 30 heavy (non-hydrogen) atoms. The van der Waals surface area contributed by atoms with Gasteiger partial charge in [-0.1, -0.05) is 19.1 Å². The Balaban J connectivity index is 1.86. The standard InChI is InChI=1S/C22H21F3O5/c1-2-14-29-20(26)12-5-16-3-8-19(9-4-16)30-21(27)17-6-10-18(11-7-17)28-15-13-22(23,24)25/h3-12H,2,13-15H2,1H3. The van der Waals surface area contributed by atoms with Gasteiger partial charge < -0.3 is 14.2 Å². The van der Waals surface area contributed by atoms with Crippen LogP contribution < -0.4 is 9.47 Å². The van der Waals surface area contributed by atoms with Crippen LogP contribution in [0.25, 0.3) is 6.08 Å². The molecule has 0 unspecified atom stereocenters. The third kappa shape index (κ3) is 8.38. The van der Waals surface area contributed by atoms with Crippen molar-refractivity contribution in [3.8, 4) is 11.5 Å². The molecule has 0 radical (unpaired) electrons. The number of esters is 2. The Labute approximate surface area is 172 Å². The first-order valence-electron chi connectivity index (χ1n) is 9.23. The molecule has 2 aromatic carbocycles. The number of carbonyl (C=O) groups is 2. The highest BCUT2D eigenvalue weighted by Crippen LogP contribution is 2.21. The molecule has 0 fully saturated rings. The summed E-state index contributed by atoms with van der Waals surface area (Å²) >= 11 is 0. The van der Waals surface area contributed by atoms with Crippen molar-refractivity contribution in [1.82, 2.24) is 0 Å². The molecule has 0 atom stereocenters. The monoisotopic (exact) mass is 422 g/mol. The smallest absolute Gasteiger partial charge is 0.392 e. The van der Waals surface area contributed by atoms with E-state index in [2.05, 4.69) is 0 Å². The molecule has 0 saturated heterocycles.